The first kappa shape index (κ1) is 18.3. The normalized spacial score (nSPS) is 24.2. The van der Waals surface area contributed by atoms with Crippen LogP contribution in [-0.4, -0.2) is 47.5 Å². The lowest BCUT2D eigenvalue weighted by atomic mass is 9.90. The number of fused-ring (bicyclic) bond motifs is 1. The molecule has 2 aliphatic rings. The molecule has 2 N–H and O–H groups in total. The summed E-state index contributed by atoms with van der Waals surface area (Å²) >= 11 is 3.60. The van der Waals surface area contributed by atoms with Crippen LogP contribution >= 0.6 is 15.9 Å². The van der Waals surface area contributed by atoms with E-state index < -0.39 is 0 Å². The predicted octanol–water partition coefficient (Wildman–Crippen LogP) is 3.01. The van der Waals surface area contributed by atoms with Gasteiger partial charge in [0.2, 0.25) is 11.7 Å². The molecule has 7 nitrogen and oxygen atoms in total. The fourth-order valence-corrected chi connectivity index (χ4v) is 4.59. The van der Waals surface area contributed by atoms with Crippen LogP contribution in [0, 0.1) is 11.3 Å². The topological polar surface area (TPSA) is 94.2 Å². The molecule has 1 saturated carbocycles. The van der Waals surface area contributed by atoms with Crippen LogP contribution in [0.15, 0.2) is 21.2 Å². The number of nitrogens with zero attached hydrogens (tertiary/aromatic N) is 3. The van der Waals surface area contributed by atoms with Gasteiger partial charge in [-0.15, -0.1) is 0 Å². The number of anilines is 1. The highest BCUT2D eigenvalue weighted by molar-refractivity contribution is 9.10. The van der Waals surface area contributed by atoms with Crippen molar-refractivity contribution >= 4 is 38.6 Å². The summed E-state index contributed by atoms with van der Waals surface area (Å²) in [5.74, 6) is 1.24. The van der Waals surface area contributed by atoms with E-state index in [1.807, 2.05) is 6.07 Å². The molecule has 2 fully saturated rings. The van der Waals surface area contributed by atoms with E-state index in [2.05, 4.69) is 36.4 Å². The van der Waals surface area contributed by atoms with Gasteiger partial charge in [0.15, 0.2) is 5.58 Å². The largest absolute Gasteiger partial charge is 0.444 e. The average Bonchev–Trinajstić information content (AvgIpc) is 3.00. The Kier molecular flexibility index (Phi) is 5.32. The summed E-state index contributed by atoms with van der Waals surface area (Å²) in [6, 6.07) is 4.68. The number of nitriles is 1. The van der Waals surface area contributed by atoms with Gasteiger partial charge in [-0.25, -0.2) is 4.98 Å². The number of carbonyl (C=O) groups is 1. The highest BCUT2D eigenvalue weighted by atomic mass is 79.9. The second-order valence-corrected chi connectivity index (χ2v) is 8.00. The third-order valence-corrected chi connectivity index (χ3v) is 6.33. The van der Waals surface area contributed by atoms with Gasteiger partial charge < -0.3 is 15.1 Å². The number of nitrogens with one attached hydrogen (secondary N) is 2. The van der Waals surface area contributed by atoms with Crippen molar-refractivity contribution in [3.63, 3.8) is 0 Å². The second kappa shape index (κ2) is 7.87. The van der Waals surface area contributed by atoms with Crippen molar-refractivity contribution in [3.05, 3.63) is 22.5 Å². The van der Waals surface area contributed by atoms with E-state index in [-0.39, 0.29) is 11.7 Å². The summed E-state index contributed by atoms with van der Waals surface area (Å²) in [5.41, 5.74) is 0.608. The highest BCUT2D eigenvalue weighted by Crippen LogP contribution is 2.33. The number of rotatable bonds is 3. The molecular formula is C19H22BrN5O2. The van der Waals surface area contributed by atoms with Gasteiger partial charge in [0.1, 0.15) is 11.9 Å². The Balaban J connectivity index is 1.38. The summed E-state index contributed by atoms with van der Waals surface area (Å²) in [7, 11) is 0. The quantitative estimate of drug-likeness (QED) is 0.775. The minimum absolute atomic E-state index is 0.165. The third-order valence-electron chi connectivity index (χ3n) is 5.53. The molecule has 8 heteroatoms. The van der Waals surface area contributed by atoms with Crippen molar-refractivity contribution < 1.29 is 9.21 Å². The van der Waals surface area contributed by atoms with E-state index in [1.54, 1.807) is 12.3 Å². The van der Waals surface area contributed by atoms with Gasteiger partial charge in [-0.1, -0.05) is 0 Å². The summed E-state index contributed by atoms with van der Waals surface area (Å²) < 4.78 is 6.26. The molecule has 0 atom stereocenters. The Morgan fingerprint density at radius 3 is 2.93 bits per heavy atom. The van der Waals surface area contributed by atoms with E-state index in [0.717, 1.165) is 61.0 Å². The molecular weight excluding hydrogens is 410 g/mol. The zero-order valence-corrected chi connectivity index (χ0v) is 16.6. The molecule has 2 aromatic heterocycles. The van der Waals surface area contributed by atoms with Gasteiger partial charge in [-0.3, -0.25) is 9.69 Å². The van der Waals surface area contributed by atoms with Gasteiger partial charge in [-0.05, 0) is 41.6 Å². The van der Waals surface area contributed by atoms with Crippen molar-refractivity contribution in [1.82, 2.24) is 15.2 Å². The van der Waals surface area contributed by atoms with Gasteiger partial charge in [0.25, 0.3) is 0 Å². The smallest absolute Gasteiger partial charge is 0.221 e. The molecule has 1 aliphatic heterocycles. The molecule has 4 rings (SSSR count). The zero-order valence-electron chi connectivity index (χ0n) is 15.0. The number of hydrogen-bond acceptors (Lipinski definition) is 6. The van der Waals surface area contributed by atoms with Crippen molar-refractivity contribution in [3.8, 4) is 6.07 Å². The van der Waals surface area contributed by atoms with E-state index >= 15 is 0 Å². The Labute approximate surface area is 166 Å². The highest BCUT2D eigenvalue weighted by Gasteiger charge is 2.27. The average molecular weight is 432 g/mol. The third kappa shape index (κ3) is 3.94. The van der Waals surface area contributed by atoms with Crippen molar-refractivity contribution in [2.75, 3.05) is 25.0 Å². The van der Waals surface area contributed by atoms with E-state index in [9.17, 15) is 4.79 Å². The van der Waals surface area contributed by atoms with Crippen LogP contribution < -0.4 is 10.6 Å². The molecule has 1 aliphatic carbocycles. The van der Waals surface area contributed by atoms with Crippen LogP contribution in [0.4, 0.5) is 5.82 Å². The number of pyridine rings is 1. The minimum atomic E-state index is 0.165. The zero-order chi connectivity index (χ0) is 18.8. The molecule has 27 heavy (non-hydrogen) atoms. The first-order chi connectivity index (χ1) is 13.1. The lowest BCUT2D eigenvalue weighted by molar-refractivity contribution is -0.120. The van der Waals surface area contributed by atoms with Crippen LogP contribution in [0.3, 0.4) is 0 Å². The SMILES string of the molecule is N#Cc1cc2c(Br)c(NC3CCC(N4CCNC(=O)CC4)CC3)ncc2o1. The van der Waals surface area contributed by atoms with Crippen molar-refractivity contribution in [2.24, 2.45) is 0 Å². The first-order valence-electron chi connectivity index (χ1n) is 9.39. The number of halogens is 1. The fourth-order valence-electron chi connectivity index (χ4n) is 4.06. The lowest BCUT2D eigenvalue weighted by Crippen LogP contribution is -2.42. The monoisotopic (exact) mass is 431 g/mol. The Hall–Kier alpha value is -2.11. The van der Waals surface area contributed by atoms with Crippen LogP contribution in [0.25, 0.3) is 11.0 Å². The van der Waals surface area contributed by atoms with Gasteiger partial charge >= 0.3 is 0 Å². The van der Waals surface area contributed by atoms with Crippen molar-refractivity contribution in [2.45, 2.75) is 44.2 Å². The summed E-state index contributed by atoms with van der Waals surface area (Å²) in [5, 5.41) is 16.4. The van der Waals surface area contributed by atoms with Crippen LogP contribution in [-0.2, 0) is 4.79 Å². The number of furan rings is 1. The number of carbonyl (C=O) groups excluding carboxylic acids is 1. The van der Waals surface area contributed by atoms with Gasteiger partial charge in [0, 0.05) is 49.6 Å². The molecule has 0 aromatic carbocycles. The Bertz CT molecular complexity index is 882. The molecule has 3 heterocycles. The lowest BCUT2D eigenvalue weighted by Gasteiger charge is -2.36. The first-order valence-corrected chi connectivity index (χ1v) is 10.2. The molecule has 0 spiro atoms. The fraction of sp³-hybridized carbons (Fsp3) is 0.526. The van der Waals surface area contributed by atoms with Crippen molar-refractivity contribution in [1.29, 1.82) is 5.26 Å². The maximum atomic E-state index is 11.5. The van der Waals surface area contributed by atoms with E-state index in [4.69, 9.17) is 9.68 Å². The Morgan fingerprint density at radius 2 is 2.15 bits per heavy atom. The van der Waals surface area contributed by atoms with Gasteiger partial charge in [0.05, 0.1) is 10.7 Å². The van der Waals surface area contributed by atoms with E-state index in [0.29, 0.717) is 24.1 Å². The van der Waals surface area contributed by atoms with Crippen LogP contribution in [0.5, 0.6) is 0 Å². The van der Waals surface area contributed by atoms with E-state index in [1.165, 1.54) is 0 Å². The molecule has 142 valence electrons. The van der Waals surface area contributed by atoms with Gasteiger partial charge in [-0.2, -0.15) is 5.26 Å². The number of hydrogen-bond donors (Lipinski definition) is 2. The predicted molar refractivity (Wildman–Crippen MR) is 105 cm³/mol. The van der Waals surface area contributed by atoms with Crippen LogP contribution in [0.1, 0.15) is 37.9 Å². The number of amides is 1. The number of aromatic nitrogens is 1. The molecule has 0 radical (unpaired) electrons. The maximum Gasteiger partial charge on any atom is 0.221 e. The van der Waals surface area contributed by atoms with Crippen LogP contribution in [0.2, 0.25) is 0 Å². The summed E-state index contributed by atoms with van der Waals surface area (Å²) in [6.07, 6.45) is 6.65. The molecule has 1 amide bonds. The second-order valence-electron chi connectivity index (χ2n) is 7.21. The molecule has 0 unspecified atom stereocenters. The Morgan fingerprint density at radius 1 is 1.33 bits per heavy atom. The molecule has 1 saturated heterocycles. The standard InChI is InChI=1S/C19H22BrN5O2/c20-18-15-9-14(10-21)27-16(15)11-23-19(18)24-12-1-3-13(4-2-12)25-7-5-17(26)22-6-8-25/h9,11-13H,1-8H2,(H,22,26)(H,23,24). The summed E-state index contributed by atoms with van der Waals surface area (Å²) in [6.45, 7) is 2.56. The molecule has 2 aromatic rings. The summed E-state index contributed by atoms with van der Waals surface area (Å²) in [4.78, 5) is 18.5. The minimum Gasteiger partial charge on any atom is -0.444 e. The maximum absolute atomic E-state index is 11.5. The molecule has 0 bridgehead atoms.